The fraction of sp³-hybridized carbons (Fsp3) is 0.455. The van der Waals surface area contributed by atoms with Crippen molar-refractivity contribution < 1.29 is 5.11 Å². The molecule has 1 aliphatic heterocycles. The number of aryl methyl sites for hydroxylation is 2. The van der Waals surface area contributed by atoms with E-state index in [1.54, 1.807) is 0 Å². The van der Waals surface area contributed by atoms with E-state index in [1.807, 2.05) is 0 Å². The van der Waals surface area contributed by atoms with E-state index in [0.29, 0.717) is 0 Å². The highest BCUT2D eigenvalue weighted by atomic mass is 79.9. The Morgan fingerprint density at radius 2 is 1.40 bits per heavy atom. The van der Waals surface area contributed by atoms with Gasteiger partial charge in [0.25, 0.3) is 0 Å². The molecule has 1 N–H and O–H groups in total. The van der Waals surface area contributed by atoms with E-state index in [-0.39, 0.29) is 22.9 Å². The zero-order chi connectivity index (χ0) is 16.6. The van der Waals surface area contributed by atoms with E-state index in [2.05, 4.69) is 60.4 Å². The van der Waals surface area contributed by atoms with Crippen LogP contribution in [0.25, 0.3) is 0 Å². The highest BCUT2D eigenvalue weighted by Crippen LogP contribution is 2.43. The molecule has 3 heteroatoms. The van der Waals surface area contributed by atoms with Crippen molar-refractivity contribution in [2.45, 2.75) is 38.2 Å². The van der Waals surface area contributed by atoms with Crippen LogP contribution in [0.2, 0.25) is 0 Å². The summed E-state index contributed by atoms with van der Waals surface area (Å²) in [6.45, 7) is 5.52. The maximum absolute atomic E-state index is 12.1. The molecule has 1 atom stereocenters. The second kappa shape index (κ2) is 7.61. The van der Waals surface area contributed by atoms with E-state index in [9.17, 15) is 5.11 Å². The van der Waals surface area contributed by atoms with Gasteiger partial charge in [0, 0.05) is 12.5 Å². The first-order chi connectivity index (χ1) is 11.7. The molecule has 4 rings (SSSR count). The quantitative estimate of drug-likeness (QED) is 0.826. The van der Waals surface area contributed by atoms with Gasteiger partial charge in [0.15, 0.2) is 0 Å². The van der Waals surface area contributed by atoms with Gasteiger partial charge in [0.05, 0.1) is 0 Å². The molecular formula is C22H28BrNO. The first-order valence-electron chi connectivity index (χ1n) is 9.31. The van der Waals surface area contributed by atoms with Gasteiger partial charge in [-0.15, -0.1) is 17.0 Å². The van der Waals surface area contributed by atoms with Crippen LogP contribution >= 0.6 is 17.0 Å². The lowest BCUT2D eigenvalue weighted by atomic mass is 9.75. The Morgan fingerprint density at radius 3 is 1.92 bits per heavy atom. The minimum atomic E-state index is -0.897. The van der Waals surface area contributed by atoms with Crippen molar-refractivity contribution in [3.63, 3.8) is 0 Å². The fourth-order valence-corrected chi connectivity index (χ4v) is 4.65. The Labute approximate surface area is 161 Å². The van der Waals surface area contributed by atoms with Crippen molar-refractivity contribution in [1.82, 2.24) is 4.90 Å². The molecule has 0 spiro atoms. The number of hydrogen-bond acceptors (Lipinski definition) is 2. The summed E-state index contributed by atoms with van der Waals surface area (Å²) in [7, 11) is 0. The molecule has 0 bridgehead atoms. The van der Waals surface area contributed by atoms with Crippen LogP contribution < -0.4 is 0 Å². The maximum atomic E-state index is 12.1. The van der Waals surface area contributed by atoms with Crippen molar-refractivity contribution in [2.24, 2.45) is 5.92 Å². The van der Waals surface area contributed by atoms with Gasteiger partial charge >= 0.3 is 0 Å². The third-order valence-electron chi connectivity index (χ3n) is 5.96. The first kappa shape index (κ1) is 18.6. The number of benzene rings is 2. The SMILES string of the molecule is Br.CC(CN1CCCC1)C1(O)c2ccccc2CCc2ccccc21. The predicted octanol–water partition coefficient (Wildman–Crippen LogP) is 4.33. The summed E-state index contributed by atoms with van der Waals surface area (Å²) in [5, 5.41) is 12.1. The molecule has 25 heavy (non-hydrogen) atoms. The van der Waals surface area contributed by atoms with Crippen LogP contribution in [0.15, 0.2) is 48.5 Å². The fourth-order valence-electron chi connectivity index (χ4n) is 4.65. The summed E-state index contributed by atoms with van der Waals surface area (Å²) in [6, 6.07) is 17.0. The standard InChI is InChI=1S/C22H27NO.BrH/c1-17(16-23-14-6-7-15-23)22(24)20-10-4-2-8-18(20)12-13-19-9-3-5-11-21(19)22;/h2-5,8-11,17,24H,6-7,12-16H2,1H3;1H. The molecule has 1 unspecified atom stereocenters. The predicted molar refractivity (Wildman–Crippen MR) is 108 cm³/mol. The van der Waals surface area contributed by atoms with E-state index in [0.717, 1.165) is 30.5 Å². The van der Waals surface area contributed by atoms with E-state index in [1.165, 1.54) is 37.1 Å². The second-order valence-corrected chi connectivity index (χ2v) is 7.49. The normalized spacial score (nSPS) is 20.1. The summed E-state index contributed by atoms with van der Waals surface area (Å²) in [4.78, 5) is 2.51. The molecule has 0 amide bonds. The number of nitrogens with zero attached hydrogens (tertiary/aromatic N) is 1. The Kier molecular flexibility index (Phi) is 5.67. The van der Waals surface area contributed by atoms with Crippen molar-refractivity contribution in [1.29, 1.82) is 0 Å². The molecule has 0 radical (unpaired) electrons. The van der Waals surface area contributed by atoms with Crippen molar-refractivity contribution >= 4 is 17.0 Å². The van der Waals surface area contributed by atoms with E-state index < -0.39 is 5.60 Å². The van der Waals surface area contributed by atoms with Crippen LogP contribution in [0, 0.1) is 5.92 Å². The number of likely N-dealkylation sites (tertiary alicyclic amines) is 1. The maximum Gasteiger partial charge on any atom is 0.119 e. The van der Waals surface area contributed by atoms with Gasteiger partial charge in [0.1, 0.15) is 5.60 Å². The van der Waals surface area contributed by atoms with Crippen molar-refractivity contribution in [3.8, 4) is 0 Å². The Balaban J connectivity index is 0.00000182. The van der Waals surface area contributed by atoms with E-state index >= 15 is 0 Å². The summed E-state index contributed by atoms with van der Waals surface area (Å²) in [6.07, 6.45) is 4.59. The van der Waals surface area contributed by atoms with Gasteiger partial charge in [-0.2, -0.15) is 0 Å². The lowest BCUT2D eigenvalue weighted by molar-refractivity contribution is 0.00989. The van der Waals surface area contributed by atoms with Crippen molar-refractivity contribution in [2.75, 3.05) is 19.6 Å². The molecular weight excluding hydrogens is 374 g/mol. The zero-order valence-corrected chi connectivity index (χ0v) is 16.7. The zero-order valence-electron chi connectivity index (χ0n) is 14.9. The molecule has 0 aromatic heterocycles. The van der Waals surface area contributed by atoms with Crippen LogP contribution in [-0.4, -0.2) is 29.6 Å². The van der Waals surface area contributed by atoms with Gasteiger partial charge in [-0.05, 0) is 61.0 Å². The lowest BCUT2D eigenvalue weighted by Crippen LogP contribution is -2.42. The Bertz CT molecular complexity index is 676. The van der Waals surface area contributed by atoms with Crippen LogP contribution in [0.4, 0.5) is 0 Å². The molecule has 0 saturated carbocycles. The average molecular weight is 402 g/mol. The van der Waals surface area contributed by atoms with Crippen LogP contribution in [0.5, 0.6) is 0 Å². The average Bonchev–Trinajstić information content (AvgIpc) is 3.08. The topological polar surface area (TPSA) is 23.5 Å². The molecule has 1 saturated heterocycles. The largest absolute Gasteiger partial charge is 0.380 e. The highest BCUT2D eigenvalue weighted by Gasteiger charge is 2.42. The number of rotatable bonds is 3. The lowest BCUT2D eigenvalue weighted by Gasteiger charge is -2.38. The van der Waals surface area contributed by atoms with Crippen molar-refractivity contribution in [3.05, 3.63) is 70.8 Å². The molecule has 1 heterocycles. The summed E-state index contributed by atoms with van der Waals surface area (Å²) in [5.74, 6) is 0.163. The summed E-state index contributed by atoms with van der Waals surface area (Å²) in [5.41, 5.74) is 3.92. The second-order valence-electron chi connectivity index (χ2n) is 7.49. The molecule has 2 aromatic carbocycles. The van der Waals surface area contributed by atoms with Crippen LogP contribution in [-0.2, 0) is 18.4 Å². The number of fused-ring (bicyclic) bond motifs is 2. The van der Waals surface area contributed by atoms with Gasteiger partial charge < -0.3 is 10.0 Å². The molecule has 134 valence electrons. The summed E-state index contributed by atoms with van der Waals surface area (Å²) < 4.78 is 0. The minimum Gasteiger partial charge on any atom is -0.380 e. The molecule has 1 fully saturated rings. The molecule has 1 aliphatic carbocycles. The van der Waals surface area contributed by atoms with Gasteiger partial charge in [0.2, 0.25) is 0 Å². The minimum absolute atomic E-state index is 0. The van der Waals surface area contributed by atoms with Crippen LogP contribution in [0.3, 0.4) is 0 Å². The highest BCUT2D eigenvalue weighted by molar-refractivity contribution is 8.93. The third-order valence-corrected chi connectivity index (χ3v) is 5.96. The first-order valence-corrected chi connectivity index (χ1v) is 9.31. The Morgan fingerprint density at radius 1 is 0.920 bits per heavy atom. The number of aliphatic hydroxyl groups is 1. The summed E-state index contributed by atoms with van der Waals surface area (Å²) >= 11 is 0. The van der Waals surface area contributed by atoms with Gasteiger partial charge in [-0.25, -0.2) is 0 Å². The molecule has 2 nitrogen and oxygen atoms in total. The number of hydrogen-bond donors (Lipinski definition) is 1. The van der Waals surface area contributed by atoms with E-state index in [4.69, 9.17) is 0 Å². The van der Waals surface area contributed by atoms with Gasteiger partial charge in [-0.3, -0.25) is 0 Å². The monoisotopic (exact) mass is 401 g/mol. The third kappa shape index (κ3) is 3.30. The van der Waals surface area contributed by atoms with Crippen LogP contribution in [0.1, 0.15) is 42.0 Å². The molecule has 2 aliphatic rings. The Hall–Kier alpha value is -1.16. The smallest absolute Gasteiger partial charge is 0.119 e. The van der Waals surface area contributed by atoms with Gasteiger partial charge in [-0.1, -0.05) is 55.5 Å². The number of halogens is 1. The molecule has 2 aromatic rings.